The number of hydrogen-bond donors (Lipinski definition) is 0. The molecule has 0 bridgehead atoms. The first kappa shape index (κ1) is 15.9. The second-order valence-electron chi connectivity index (χ2n) is 5.19. The van der Waals surface area contributed by atoms with Crippen LogP contribution in [-0.2, 0) is 23.2 Å². The van der Waals surface area contributed by atoms with E-state index in [4.69, 9.17) is 0 Å². The van der Waals surface area contributed by atoms with E-state index in [0.717, 1.165) is 26.1 Å². The molecule has 114 valence electrons. The van der Waals surface area contributed by atoms with Gasteiger partial charge in [0.2, 0.25) is 0 Å². The van der Waals surface area contributed by atoms with E-state index in [2.05, 4.69) is 24.0 Å². The van der Waals surface area contributed by atoms with Gasteiger partial charge in [-0.25, -0.2) is 0 Å². The van der Waals surface area contributed by atoms with Crippen LogP contribution < -0.4 is 0 Å². The zero-order valence-electron chi connectivity index (χ0n) is 12.4. The second-order valence-corrected chi connectivity index (χ2v) is 8.58. The Balaban J connectivity index is 1.88. The molecule has 0 saturated carbocycles. The number of hydrogen-bond acceptors (Lipinski definition) is 4. The Kier molecular flexibility index (Phi) is 5.19. The third-order valence-corrected chi connectivity index (χ3v) is 6.72. The average molecular weight is 317 g/mol. The van der Waals surface area contributed by atoms with Gasteiger partial charge in [0.25, 0.3) is 10.2 Å². The lowest BCUT2D eigenvalue weighted by molar-refractivity contribution is 0.178. The summed E-state index contributed by atoms with van der Waals surface area (Å²) in [5.41, 5.74) is 0. The lowest BCUT2D eigenvalue weighted by Crippen LogP contribution is -2.51. The highest BCUT2D eigenvalue weighted by molar-refractivity contribution is 7.86. The Labute approximate surface area is 126 Å². The van der Waals surface area contributed by atoms with Gasteiger partial charge >= 0.3 is 0 Å². The van der Waals surface area contributed by atoms with E-state index in [9.17, 15) is 8.42 Å². The van der Waals surface area contributed by atoms with Crippen LogP contribution in [0.5, 0.6) is 0 Å². The van der Waals surface area contributed by atoms with Gasteiger partial charge in [0.15, 0.2) is 0 Å². The molecule has 0 radical (unpaired) electrons. The Hall–Kier alpha value is -0.470. The maximum Gasteiger partial charge on any atom is 0.281 e. The first-order valence-electron chi connectivity index (χ1n) is 6.91. The summed E-state index contributed by atoms with van der Waals surface area (Å²) in [6, 6.07) is 4.37. The molecule has 0 amide bonds. The molecule has 0 aliphatic carbocycles. The zero-order chi connectivity index (χ0) is 14.8. The van der Waals surface area contributed by atoms with Crippen molar-refractivity contribution in [3.8, 4) is 0 Å². The third-order valence-electron chi connectivity index (χ3n) is 3.56. The third kappa shape index (κ3) is 3.59. The minimum atomic E-state index is -3.25. The largest absolute Gasteiger partial charge is 0.296 e. The molecule has 1 fully saturated rings. The number of piperazine rings is 1. The molecule has 20 heavy (non-hydrogen) atoms. The standard InChI is InChI=1S/C13H23N3O2S2/c1-4-12-5-6-13(19-12)11-15-7-9-16(10-8-15)20(17,18)14(2)3/h5-6H,4,7-11H2,1-3H3. The molecule has 1 saturated heterocycles. The Morgan fingerprint density at radius 2 is 1.75 bits per heavy atom. The molecule has 1 aliphatic heterocycles. The molecular formula is C13H23N3O2S2. The van der Waals surface area contributed by atoms with Crippen molar-refractivity contribution < 1.29 is 8.42 Å². The van der Waals surface area contributed by atoms with Crippen molar-refractivity contribution in [2.75, 3.05) is 40.3 Å². The first-order chi connectivity index (χ1) is 9.43. The quantitative estimate of drug-likeness (QED) is 0.820. The van der Waals surface area contributed by atoms with E-state index < -0.39 is 10.2 Å². The van der Waals surface area contributed by atoms with Crippen molar-refractivity contribution >= 4 is 21.5 Å². The van der Waals surface area contributed by atoms with E-state index in [1.165, 1.54) is 14.1 Å². The molecule has 2 rings (SSSR count). The van der Waals surface area contributed by atoms with Gasteiger partial charge in [-0.3, -0.25) is 4.90 Å². The fourth-order valence-corrected chi connectivity index (χ4v) is 4.35. The predicted molar refractivity (Wildman–Crippen MR) is 83.2 cm³/mol. The van der Waals surface area contributed by atoms with Gasteiger partial charge in [0.05, 0.1) is 0 Å². The molecule has 7 heteroatoms. The highest BCUT2D eigenvalue weighted by Crippen LogP contribution is 2.20. The summed E-state index contributed by atoms with van der Waals surface area (Å²) in [6.45, 7) is 5.85. The van der Waals surface area contributed by atoms with Gasteiger partial charge in [-0.05, 0) is 18.6 Å². The summed E-state index contributed by atoms with van der Waals surface area (Å²) >= 11 is 1.86. The minimum absolute atomic E-state index is 0.576. The molecule has 1 aromatic heterocycles. The molecule has 0 aromatic carbocycles. The topological polar surface area (TPSA) is 43.9 Å². The Morgan fingerprint density at radius 3 is 2.25 bits per heavy atom. The van der Waals surface area contributed by atoms with Crippen LogP contribution in [-0.4, -0.2) is 62.2 Å². The zero-order valence-corrected chi connectivity index (χ0v) is 14.0. The van der Waals surface area contributed by atoms with Crippen molar-refractivity contribution in [1.29, 1.82) is 0 Å². The van der Waals surface area contributed by atoms with Gasteiger partial charge in [0, 0.05) is 56.6 Å². The summed E-state index contributed by atoms with van der Waals surface area (Å²) < 4.78 is 26.9. The van der Waals surface area contributed by atoms with Gasteiger partial charge in [-0.1, -0.05) is 6.92 Å². The van der Waals surface area contributed by atoms with Crippen molar-refractivity contribution in [2.24, 2.45) is 0 Å². The fourth-order valence-electron chi connectivity index (χ4n) is 2.27. The van der Waals surface area contributed by atoms with E-state index in [1.54, 1.807) is 18.4 Å². The van der Waals surface area contributed by atoms with Crippen LogP contribution in [0.1, 0.15) is 16.7 Å². The second kappa shape index (κ2) is 6.53. The number of aryl methyl sites for hydroxylation is 1. The maximum absolute atomic E-state index is 12.0. The Bertz CT molecular complexity index is 532. The van der Waals surface area contributed by atoms with Crippen LogP contribution in [0.2, 0.25) is 0 Å². The number of thiophene rings is 1. The molecule has 5 nitrogen and oxygen atoms in total. The van der Waals surface area contributed by atoms with Crippen LogP contribution in [0.25, 0.3) is 0 Å². The average Bonchev–Trinajstić information content (AvgIpc) is 2.87. The van der Waals surface area contributed by atoms with E-state index in [0.29, 0.717) is 13.1 Å². The van der Waals surface area contributed by atoms with Crippen molar-refractivity contribution in [3.63, 3.8) is 0 Å². The van der Waals surface area contributed by atoms with Crippen LogP contribution >= 0.6 is 11.3 Å². The summed E-state index contributed by atoms with van der Waals surface area (Å²) in [5, 5.41) is 0. The lowest BCUT2D eigenvalue weighted by atomic mass is 10.3. The summed E-state index contributed by atoms with van der Waals surface area (Å²) in [6.07, 6.45) is 1.08. The first-order valence-corrected chi connectivity index (χ1v) is 9.12. The van der Waals surface area contributed by atoms with Gasteiger partial charge < -0.3 is 0 Å². The molecular weight excluding hydrogens is 294 g/mol. The van der Waals surface area contributed by atoms with Crippen LogP contribution in [0, 0.1) is 0 Å². The summed E-state index contributed by atoms with van der Waals surface area (Å²) in [4.78, 5) is 5.10. The predicted octanol–water partition coefficient (Wildman–Crippen LogP) is 1.23. The highest BCUT2D eigenvalue weighted by Gasteiger charge is 2.28. The molecule has 0 unspecified atom stereocenters. The maximum atomic E-state index is 12.0. The monoisotopic (exact) mass is 317 g/mol. The van der Waals surface area contributed by atoms with Gasteiger partial charge in [0.1, 0.15) is 0 Å². The molecule has 0 N–H and O–H groups in total. The van der Waals surface area contributed by atoms with Gasteiger partial charge in [-0.2, -0.15) is 17.0 Å². The molecule has 1 aliphatic rings. The van der Waals surface area contributed by atoms with Gasteiger partial charge in [-0.15, -0.1) is 11.3 Å². The van der Waals surface area contributed by atoms with Crippen LogP contribution in [0.15, 0.2) is 12.1 Å². The van der Waals surface area contributed by atoms with E-state index >= 15 is 0 Å². The van der Waals surface area contributed by atoms with Crippen LogP contribution in [0.4, 0.5) is 0 Å². The van der Waals surface area contributed by atoms with E-state index in [1.807, 2.05) is 11.3 Å². The lowest BCUT2D eigenvalue weighted by Gasteiger charge is -2.34. The minimum Gasteiger partial charge on any atom is -0.296 e. The summed E-state index contributed by atoms with van der Waals surface area (Å²) in [5.74, 6) is 0. The highest BCUT2D eigenvalue weighted by atomic mass is 32.2. The summed E-state index contributed by atoms with van der Waals surface area (Å²) in [7, 11) is -0.0875. The molecule has 0 spiro atoms. The molecule has 2 heterocycles. The van der Waals surface area contributed by atoms with Crippen LogP contribution in [0.3, 0.4) is 0 Å². The fraction of sp³-hybridized carbons (Fsp3) is 0.692. The number of rotatable bonds is 5. The van der Waals surface area contributed by atoms with Crippen molar-refractivity contribution in [1.82, 2.24) is 13.5 Å². The molecule has 0 atom stereocenters. The number of nitrogens with zero attached hydrogens (tertiary/aromatic N) is 3. The van der Waals surface area contributed by atoms with Crippen molar-refractivity contribution in [2.45, 2.75) is 19.9 Å². The smallest absolute Gasteiger partial charge is 0.281 e. The van der Waals surface area contributed by atoms with E-state index in [-0.39, 0.29) is 0 Å². The normalized spacial score (nSPS) is 18.8. The van der Waals surface area contributed by atoms with Crippen molar-refractivity contribution in [3.05, 3.63) is 21.9 Å². The molecule has 1 aromatic rings. The Morgan fingerprint density at radius 1 is 1.15 bits per heavy atom. The SMILES string of the molecule is CCc1ccc(CN2CCN(S(=O)(=O)N(C)C)CC2)s1.